The Kier molecular flexibility index (Phi) is 5.79. The number of halogens is 3. The number of likely N-dealkylation sites (N-methyl/N-ethyl adjacent to an activating group) is 1. The minimum absolute atomic E-state index is 0.0661. The molecule has 4 rings (SSSR count). The highest BCUT2D eigenvalue weighted by molar-refractivity contribution is 6.03. The van der Waals surface area contributed by atoms with Crippen LogP contribution in [0.4, 0.5) is 36.4 Å². The molecule has 2 aromatic heterocycles. The van der Waals surface area contributed by atoms with Crippen molar-refractivity contribution in [1.82, 2.24) is 19.9 Å². The molecule has 0 radical (unpaired) electrons. The summed E-state index contributed by atoms with van der Waals surface area (Å²) in [5, 5.41) is 6.27. The molecule has 12 heteroatoms. The number of carbonyl (C=O) groups excluding carboxylic acids is 1. The number of fused-ring (bicyclic) bond motifs is 1. The number of nitrogens with one attached hydrogen (secondary N) is 2. The Hall–Kier alpha value is -3.18. The number of hydrogen-bond acceptors (Lipinski definition) is 8. The number of aryl methyl sites for hydroxylation is 1. The van der Waals surface area contributed by atoms with Crippen molar-refractivity contribution < 1.29 is 18.0 Å². The fourth-order valence-corrected chi connectivity index (χ4v) is 4.32. The van der Waals surface area contributed by atoms with E-state index in [4.69, 9.17) is 0 Å². The largest absolute Gasteiger partial charge is 0.434 e. The second-order valence-electron chi connectivity index (χ2n) is 8.96. The van der Waals surface area contributed by atoms with Crippen LogP contribution in [-0.4, -0.2) is 58.1 Å². The maximum Gasteiger partial charge on any atom is 0.434 e. The molecule has 178 valence electrons. The smallest absolute Gasteiger partial charge is 0.355 e. The van der Waals surface area contributed by atoms with Gasteiger partial charge in [0.15, 0.2) is 11.5 Å². The van der Waals surface area contributed by atoms with Crippen LogP contribution in [0.2, 0.25) is 0 Å². The minimum atomic E-state index is -4.51. The zero-order valence-corrected chi connectivity index (χ0v) is 19.1. The molecule has 33 heavy (non-hydrogen) atoms. The van der Waals surface area contributed by atoms with Gasteiger partial charge in [0.2, 0.25) is 11.9 Å². The van der Waals surface area contributed by atoms with Gasteiger partial charge in [-0.3, -0.25) is 4.79 Å². The Morgan fingerprint density at radius 1 is 1.21 bits per heavy atom. The van der Waals surface area contributed by atoms with Crippen LogP contribution in [0.25, 0.3) is 0 Å². The Morgan fingerprint density at radius 2 is 1.91 bits per heavy atom. The van der Waals surface area contributed by atoms with Crippen LogP contribution in [0.15, 0.2) is 12.4 Å². The number of alkyl halides is 3. The highest BCUT2D eigenvalue weighted by atomic mass is 19.4. The zero-order chi connectivity index (χ0) is 24.1. The monoisotopic (exact) mass is 464 g/mol. The van der Waals surface area contributed by atoms with E-state index in [0.29, 0.717) is 29.0 Å². The molecule has 0 unspecified atom stereocenters. The molecule has 1 saturated carbocycles. The third-order valence-electron chi connectivity index (χ3n) is 6.25. The first kappa shape index (κ1) is 23.0. The first-order chi connectivity index (χ1) is 15.5. The summed E-state index contributed by atoms with van der Waals surface area (Å²) < 4.78 is 38.1. The van der Waals surface area contributed by atoms with Crippen molar-refractivity contribution in [1.29, 1.82) is 0 Å². The number of rotatable bonds is 5. The van der Waals surface area contributed by atoms with E-state index in [1.165, 1.54) is 0 Å². The summed E-state index contributed by atoms with van der Waals surface area (Å²) in [6.07, 6.45) is -1.10. The van der Waals surface area contributed by atoms with Crippen LogP contribution in [0, 0.1) is 12.8 Å². The van der Waals surface area contributed by atoms with Crippen LogP contribution >= 0.6 is 0 Å². The average molecular weight is 464 g/mol. The molecule has 1 amide bonds. The standard InChI is InChI=1S/C21H27F3N8O/c1-10(2)17-19(33)29-16-11(3)27-20(30-18(16)32(17)5)28-12-6-13(7-12)31(4)15-9-25-14(8-26-15)21(22,23)24/h8-10,12-13,17H,6-7H2,1-5H3,(H,29,33)(H,27,28,30)/t12-,13+,17-/m0/s1. The average Bonchev–Trinajstić information content (AvgIpc) is 2.70. The third kappa shape index (κ3) is 4.38. The summed E-state index contributed by atoms with van der Waals surface area (Å²) in [5.74, 6) is 1.60. The van der Waals surface area contributed by atoms with Crippen molar-refractivity contribution >= 4 is 29.2 Å². The topological polar surface area (TPSA) is 99.2 Å². The molecule has 0 aromatic carbocycles. The lowest BCUT2D eigenvalue weighted by atomic mass is 9.86. The molecular formula is C21H27F3N8O. The van der Waals surface area contributed by atoms with Gasteiger partial charge >= 0.3 is 6.18 Å². The molecule has 3 heterocycles. The molecule has 1 aliphatic heterocycles. The predicted octanol–water partition coefficient (Wildman–Crippen LogP) is 3.09. The van der Waals surface area contributed by atoms with Crippen LogP contribution in [0.1, 0.15) is 38.1 Å². The van der Waals surface area contributed by atoms with Gasteiger partial charge in [-0.25, -0.2) is 15.0 Å². The lowest BCUT2D eigenvalue weighted by Crippen LogP contribution is -2.50. The second kappa shape index (κ2) is 8.31. The quantitative estimate of drug-likeness (QED) is 0.697. The summed E-state index contributed by atoms with van der Waals surface area (Å²) in [4.78, 5) is 32.7. The van der Waals surface area contributed by atoms with E-state index in [1.54, 1.807) is 7.05 Å². The fourth-order valence-electron chi connectivity index (χ4n) is 4.32. The number of amides is 1. The Bertz CT molecular complexity index is 1040. The van der Waals surface area contributed by atoms with E-state index in [2.05, 4.69) is 30.6 Å². The molecule has 1 atom stereocenters. The van der Waals surface area contributed by atoms with Crippen molar-refractivity contribution in [2.45, 2.75) is 57.9 Å². The maximum absolute atomic E-state index is 12.7. The normalized spacial score (nSPS) is 22.5. The van der Waals surface area contributed by atoms with Crippen LogP contribution in [0.3, 0.4) is 0 Å². The Labute approximate surface area is 189 Å². The van der Waals surface area contributed by atoms with Crippen molar-refractivity contribution in [3.63, 3.8) is 0 Å². The number of carbonyl (C=O) groups is 1. The Morgan fingerprint density at radius 3 is 2.48 bits per heavy atom. The molecule has 9 nitrogen and oxygen atoms in total. The molecular weight excluding hydrogens is 437 g/mol. The summed E-state index contributed by atoms with van der Waals surface area (Å²) in [6.45, 7) is 5.81. The van der Waals surface area contributed by atoms with E-state index in [9.17, 15) is 18.0 Å². The first-order valence-corrected chi connectivity index (χ1v) is 10.8. The minimum Gasteiger partial charge on any atom is -0.355 e. The molecule has 2 N–H and O–H groups in total. The second-order valence-corrected chi connectivity index (χ2v) is 8.96. The number of nitrogens with zero attached hydrogens (tertiary/aromatic N) is 6. The van der Waals surface area contributed by atoms with Gasteiger partial charge in [-0.15, -0.1) is 0 Å². The van der Waals surface area contributed by atoms with Crippen LogP contribution in [0.5, 0.6) is 0 Å². The molecule has 2 aliphatic rings. The van der Waals surface area contributed by atoms with Gasteiger partial charge in [0, 0.05) is 26.2 Å². The van der Waals surface area contributed by atoms with Crippen molar-refractivity contribution in [2.75, 3.05) is 34.5 Å². The number of hydrogen-bond donors (Lipinski definition) is 2. The van der Waals surface area contributed by atoms with Gasteiger partial charge in [-0.1, -0.05) is 13.8 Å². The first-order valence-electron chi connectivity index (χ1n) is 10.8. The Balaban J connectivity index is 1.41. The summed E-state index contributed by atoms with van der Waals surface area (Å²) in [5.41, 5.74) is 0.295. The van der Waals surface area contributed by atoms with Crippen LogP contribution < -0.4 is 20.4 Å². The van der Waals surface area contributed by atoms with E-state index < -0.39 is 11.9 Å². The van der Waals surface area contributed by atoms with Crippen molar-refractivity contribution in [3.05, 3.63) is 23.8 Å². The van der Waals surface area contributed by atoms with Gasteiger partial charge in [0.25, 0.3) is 0 Å². The number of aromatic nitrogens is 4. The van der Waals surface area contributed by atoms with Gasteiger partial charge in [-0.05, 0) is 25.7 Å². The van der Waals surface area contributed by atoms with Gasteiger partial charge in [0.1, 0.15) is 17.5 Å². The predicted molar refractivity (Wildman–Crippen MR) is 118 cm³/mol. The molecule has 0 spiro atoms. The van der Waals surface area contributed by atoms with Gasteiger partial charge in [-0.2, -0.15) is 18.2 Å². The van der Waals surface area contributed by atoms with Gasteiger partial charge < -0.3 is 20.4 Å². The van der Waals surface area contributed by atoms with Gasteiger partial charge in [0.05, 0.1) is 18.1 Å². The molecule has 0 bridgehead atoms. The van der Waals surface area contributed by atoms with Crippen LogP contribution in [-0.2, 0) is 11.0 Å². The van der Waals surface area contributed by atoms with E-state index in [0.717, 1.165) is 25.2 Å². The number of anilines is 4. The zero-order valence-electron chi connectivity index (χ0n) is 19.1. The SMILES string of the molecule is Cc1nc(N[C@H]2C[C@@H](N(C)c3cnc(C(F)(F)F)cn3)C2)nc2c1NC(=O)[C@H](C(C)C)N2C. The lowest BCUT2D eigenvalue weighted by molar-refractivity contribution is -0.141. The van der Waals surface area contributed by atoms with E-state index in [1.807, 2.05) is 37.6 Å². The van der Waals surface area contributed by atoms with Crippen molar-refractivity contribution in [3.8, 4) is 0 Å². The summed E-state index contributed by atoms with van der Waals surface area (Å²) in [6, 6.07) is -0.0903. The molecule has 1 aliphatic carbocycles. The maximum atomic E-state index is 12.7. The lowest BCUT2D eigenvalue weighted by Gasteiger charge is -2.42. The highest BCUT2D eigenvalue weighted by Gasteiger charge is 2.37. The summed E-state index contributed by atoms with van der Waals surface area (Å²) >= 11 is 0. The summed E-state index contributed by atoms with van der Waals surface area (Å²) in [7, 11) is 3.65. The molecule has 0 saturated heterocycles. The van der Waals surface area contributed by atoms with E-state index >= 15 is 0 Å². The highest BCUT2D eigenvalue weighted by Crippen LogP contribution is 2.36. The fraction of sp³-hybridized carbons (Fsp3) is 0.571. The molecule has 1 fully saturated rings. The van der Waals surface area contributed by atoms with E-state index in [-0.39, 0.29) is 30.0 Å². The molecule has 2 aromatic rings. The third-order valence-corrected chi connectivity index (χ3v) is 6.25. The van der Waals surface area contributed by atoms with Crippen molar-refractivity contribution in [2.24, 2.45) is 5.92 Å².